The molecule has 0 unspecified atom stereocenters. The second-order valence-electron chi connectivity index (χ2n) is 5.63. The quantitative estimate of drug-likeness (QED) is 0.783. The lowest BCUT2D eigenvalue weighted by Gasteiger charge is -2.30. The minimum atomic E-state index is -0.0251. The summed E-state index contributed by atoms with van der Waals surface area (Å²) in [5.41, 5.74) is 1.16. The fraction of sp³-hybridized carbons (Fsp3) is 0.733. The SMILES string of the molecule is CCOC(=O)C1CCN(Cc2csc(C(C)C)n2)CC1. The van der Waals surface area contributed by atoms with Crippen LogP contribution in [0.5, 0.6) is 0 Å². The molecule has 5 heteroatoms. The van der Waals surface area contributed by atoms with E-state index in [1.54, 1.807) is 11.3 Å². The van der Waals surface area contributed by atoms with Gasteiger partial charge in [0.05, 0.1) is 23.2 Å². The Balaban J connectivity index is 1.80. The Morgan fingerprint density at radius 1 is 1.50 bits per heavy atom. The van der Waals surface area contributed by atoms with E-state index in [4.69, 9.17) is 4.74 Å². The molecule has 1 aliphatic rings. The van der Waals surface area contributed by atoms with Crippen molar-refractivity contribution >= 4 is 17.3 Å². The minimum absolute atomic E-state index is 0.0251. The number of piperidine rings is 1. The van der Waals surface area contributed by atoms with E-state index in [9.17, 15) is 4.79 Å². The van der Waals surface area contributed by atoms with Crippen LogP contribution in [-0.4, -0.2) is 35.5 Å². The van der Waals surface area contributed by atoms with Gasteiger partial charge in [-0.2, -0.15) is 0 Å². The molecule has 0 radical (unpaired) electrons. The third-order valence-electron chi connectivity index (χ3n) is 3.66. The highest BCUT2D eigenvalue weighted by molar-refractivity contribution is 7.09. The molecule has 0 atom stereocenters. The largest absolute Gasteiger partial charge is 0.466 e. The fourth-order valence-electron chi connectivity index (χ4n) is 2.48. The molecular formula is C15H24N2O2S. The normalized spacial score (nSPS) is 17.6. The Morgan fingerprint density at radius 2 is 2.20 bits per heavy atom. The van der Waals surface area contributed by atoms with Crippen molar-refractivity contribution < 1.29 is 9.53 Å². The second kappa shape index (κ2) is 7.18. The molecule has 0 bridgehead atoms. The van der Waals surface area contributed by atoms with Crippen molar-refractivity contribution in [3.8, 4) is 0 Å². The molecule has 2 rings (SSSR count). The number of thiazole rings is 1. The average molecular weight is 296 g/mol. The smallest absolute Gasteiger partial charge is 0.309 e. The summed E-state index contributed by atoms with van der Waals surface area (Å²) in [6.07, 6.45) is 1.81. The van der Waals surface area contributed by atoms with Gasteiger partial charge in [0.1, 0.15) is 0 Å². The van der Waals surface area contributed by atoms with Crippen molar-refractivity contribution in [2.75, 3.05) is 19.7 Å². The van der Waals surface area contributed by atoms with Gasteiger partial charge in [-0.1, -0.05) is 13.8 Å². The molecule has 1 aliphatic heterocycles. The van der Waals surface area contributed by atoms with E-state index in [1.165, 1.54) is 5.01 Å². The van der Waals surface area contributed by atoms with Crippen LogP contribution in [0.2, 0.25) is 0 Å². The molecule has 2 heterocycles. The summed E-state index contributed by atoms with van der Waals surface area (Å²) in [7, 11) is 0. The van der Waals surface area contributed by atoms with E-state index in [0.29, 0.717) is 12.5 Å². The molecule has 1 fully saturated rings. The Hall–Kier alpha value is -0.940. The van der Waals surface area contributed by atoms with Gasteiger partial charge in [-0.15, -0.1) is 11.3 Å². The molecule has 4 nitrogen and oxygen atoms in total. The molecular weight excluding hydrogens is 272 g/mol. The Labute approximate surface area is 125 Å². The first kappa shape index (κ1) is 15.4. The number of carbonyl (C=O) groups is 1. The fourth-order valence-corrected chi connectivity index (χ4v) is 3.30. The highest BCUT2D eigenvalue weighted by Gasteiger charge is 2.26. The van der Waals surface area contributed by atoms with Crippen LogP contribution in [0.25, 0.3) is 0 Å². The summed E-state index contributed by atoms with van der Waals surface area (Å²) in [6.45, 7) is 9.51. The zero-order valence-corrected chi connectivity index (χ0v) is 13.4. The van der Waals surface area contributed by atoms with Gasteiger partial charge in [0.15, 0.2) is 0 Å². The minimum Gasteiger partial charge on any atom is -0.466 e. The van der Waals surface area contributed by atoms with Crippen molar-refractivity contribution in [1.82, 2.24) is 9.88 Å². The predicted molar refractivity (Wildman–Crippen MR) is 80.8 cm³/mol. The van der Waals surface area contributed by atoms with Gasteiger partial charge < -0.3 is 4.74 Å². The lowest BCUT2D eigenvalue weighted by Crippen LogP contribution is -2.36. The maximum absolute atomic E-state index is 11.7. The number of esters is 1. The zero-order valence-electron chi connectivity index (χ0n) is 12.6. The van der Waals surface area contributed by atoms with Crippen molar-refractivity contribution in [3.05, 3.63) is 16.1 Å². The standard InChI is InChI=1S/C15H24N2O2S/c1-4-19-15(18)12-5-7-17(8-6-12)9-13-10-20-14(16-13)11(2)3/h10-12H,4-9H2,1-3H3. The van der Waals surface area contributed by atoms with Gasteiger partial charge in [0.25, 0.3) is 0 Å². The first-order chi connectivity index (χ1) is 9.60. The second-order valence-corrected chi connectivity index (χ2v) is 6.52. The van der Waals surface area contributed by atoms with Crippen molar-refractivity contribution in [2.24, 2.45) is 5.92 Å². The molecule has 1 saturated heterocycles. The van der Waals surface area contributed by atoms with Crippen LogP contribution in [0.3, 0.4) is 0 Å². The van der Waals surface area contributed by atoms with Crippen molar-refractivity contribution in [1.29, 1.82) is 0 Å². The van der Waals surface area contributed by atoms with E-state index < -0.39 is 0 Å². The molecule has 1 aromatic rings. The number of aromatic nitrogens is 1. The molecule has 0 aliphatic carbocycles. The number of hydrogen-bond acceptors (Lipinski definition) is 5. The first-order valence-electron chi connectivity index (χ1n) is 7.43. The van der Waals surface area contributed by atoms with E-state index in [2.05, 4.69) is 29.1 Å². The number of carbonyl (C=O) groups excluding carboxylic acids is 1. The van der Waals surface area contributed by atoms with Crippen LogP contribution in [0.1, 0.15) is 50.2 Å². The molecule has 0 N–H and O–H groups in total. The highest BCUT2D eigenvalue weighted by atomic mass is 32.1. The first-order valence-corrected chi connectivity index (χ1v) is 8.31. The predicted octanol–water partition coefficient (Wildman–Crippen LogP) is 3.04. The third kappa shape index (κ3) is 4.03. The van der Waals surface area contributed by atoms with Crippen LogP contribution in [0.15, 0.2) is 5.38 Å². The van der Waals surface area contributed by atoms with E-state index in [-0.39, 0.29) is 11.9 Å². The van der Waals surface area contributed by atoms with Gasteiger partial charge >= 0.3 is 5.97 Å². The molecule has 1 aromatic heterocycles. The number of ether oxygens (including phenoxy) is 1. The summed E-state index contributed by atoms with van der Waals surface area (Å²) in [4.78, 5) is 18.7. The molecule has 20 heavy (non-hydrogen) atoms. The topological polar surface area (TPSA) is 42.4 Å². The van der Waals surface area contributed by atoms with Crippen LogP contribution < -0.4 is 0 Å². The van der Waals surface area contributed by atoms with Gasteiger partial charge in [0, 0.05) is 17.8 Å². The van der Waals surface area contributed by atoms with Gasteiger partial charge in [-0.3, -0.25) is 9.69 Å². The van der Waals surface area contributed by atoms with E-state index in [0.717, 1.165) is 38.2 Å². The molecule has 0 saturated carbocycles. The molecule has 112 valence electrons. The summed E-state index contributed by atoms with van der Waals surface area (Å²) < 4.78 is 5.10. The molecule has 0 spiro atoms. The van der Waals surface area contributed by atoms with Gasteiger partial charge in [-0.25, -0.2) is 4.98 Å². The van der Waals surface area contributed by atoms with Crippen molar-refractivity contribution in [2.45, 2.75) is 46.1 Å². The maximum Gasteiger partial charge on any atom is 0.309 e. The van der Waals surface area contributed by atoms with Crippen LogP contribution >= 0.6 is 11.3 Å². The number of likely N-dealkylation sites (tertiary alicyclic amines) is 1. The Kier molecular flexibility index (Phi) is 5.54. The monoisotopic (exact) mass is 296 g/mol. The average Bonchev–Trinajstić information content (AvgIpc) is 2.88. The molecule has 0 amide bonds. The van der Waals surface area contributed by atoms with E-state index >= 15 is 0 Å². The number of hydrogen-bond donors (Lipinski definition) is 0. The number of nitrogens with zero attached hydrogens (tertiary/aromatic N) is 2. The lowest BCUT2D eigenvalue weighted by molar-refractivity contribution is -0.149. The maximum atomic E-state index is 11.7. The zero-order chi connectivity index (χ0) is 14.5. The highest BCUT2D eigenvalue weighted by Crippen LogP contribution is 2.23. The summed E-state index contributed by atoms with van der Waals surface area (Å²) in [5.74, 6) is 0.569. The Morgan fingerprint density at radius 3 is 2.75 bits per heavy atom. The summed E-state index contributed by atoms with van der Waals surface area (Å²) in [5, 5.41) is 3.37. The third-order valence-corrected chi connectivity index (χ3v) is 4.85. The van der Waals surface area contributed by atoms with Crippen molar-refractivity contribution in [3.63, 3.8) is 0 Å². The van der Waals surface area contributed by atoms with Gasteiger partial charge in [0.2, 0.25) is 0 Å². The molecule has 0 aromatic carbocycles. The summed E-state index contributed by atoms with van der Waals surface area (Å²) >= 11 is 1.75. The van der Waals surface area contributed by atoms with Crippen LogP contribution in [0.4, 0.5) is 0 Å². The lowest BCUT2D eigenvalue weighted by atomic mass is 9.97. The summed E-state index contributed by atoms with van der Waals surface area (Å²) in [6, 6.07) is 0. The number of rotatable bonds is 5. The van der Waals surface area contributed by atoms with Gasteiger partial charge in [-0.05, 0) is 32.9 Å². The Bertz CT molecular complexity index is 437. The van der Waals surface area contributed by atoms with Crippen LogP contribution in [0, 0.1) is 5.92 Å². The van der Waals surface area contributed by atoms with E-state index in [1.807, 2.05) is 6.92 Å². The van der Waals surface area contributed by atoms with Crippen LogP contribution in [-0.2, 0) is 16.1 Å².